The van der Waals surface area contributed by atoms with Gasteiger partial charge in [-0.2, -0.15) is 0 Å². The van der Waals surface area contributed by atoms with Crippen molar-refractivity contribution in [1.82, 2.24) is 0 Å². The summed E-state index contributed by atoms with van der Waals surface area (Å²) in [5, 5.41) is 81.6. The Labute approximate surface area is 280 Å². The number of unbranched alkanes of at least 4 members (excludes halogenated alkanes) is 18. The second-order valence-electron chi connectivity index (χ2n) is 13.3. The van der Waals surface area contributed by atoms with E-state index < -0.39 is 80.3 Å². The van der Waals surface area contributed by atoms with Crippen LogP contribution in [0.15, 0.2) is 0 Å². The maximum absolute atomic E-state index is 12.9. The van der Waals surface area contributed by atoms with Crippen molar-refractivity contribution in [1.29, 1.82) is 0 Å². The largest absolute Gasteiger partial charge is 0.405 e. The average molecular weight is 681 g/mol. The summed E-state index contributed by atoms with van der Waals surface area (Å²) in [7, 11) is 0. The number of rotatable bonds is 26. The first kappa shape index (κ1) is 42.2. The SMILES string of the molecule is CCCCCCCCCCCCCCCCCCCCCC(=O)O[C@@]1(OC2(CO)O[C@H](CO)[C@@H](O)[C@@H]2O)O[C@H](CO)[C@@H](O)[C@H](O)[C@H]1O. The predicted octanol–water partition coefficient (Wildman–Crippen LogP) is 2.30. The molecular weight excluding hydrogens is 616 g/mol. The summed E-state index contributed by atoms with van der Waals surface area (Å²) in [5.74, 6) is -6.44. The van der Waals surface area contributed by atoms with Crippen molar-refractivity contribution in [2.45, 2.75) is 190 Å². The molecule has 2 rings (SSSR count). The van der Waals surface area contributed by atoms with Gasteiger partial charge in [0.05, 0.1) is 13.2 Å². The maximum atomic E-state index is 12.9. The minimum Gasteiger partial charge on any atom is -0.405 e. The molecule has 0 amide bonds. The smallest absolute Gasteiger partial charge is 0.362 e. The fourth-order valence-electron chi connectivity index (χ4n) is 6.35. The highest BCUT2D eigenvalue weighted by molar-refractivity contribution is 5.69. The number of ether oxygens (including phenoxy) is 4. The van der Waals surface area contributed by atoms with Gasteiger partial charge in [-0.15, -0.1) is 0 Å². The standard InChI is InChI=1S/C34H64O13/c1-2-3-4-5-6-7-8-9-10-11-12-13-14-15-16-17-18-19-20-21-27(38)46-34(32(43)30(41)28(39)25(22-35)45-34)47-33(24-37)31(42)29(40)26(23-36)44-33/h25-26,28-32,35-37,39-43H,2-24H2,1H3/t25-,26-,28-,29-,30+,31+,32-,33?,34+/m1/s1. The van der Waals surface area contributed by atoms with Crippen molar-refractivity contribution >= 4 is 5.97 Å². The Bertz CT molecular complexity index is 832. The van der Waals surface area contributed by atoms with E-state index in [-0.39, 0.29) is 6.42 Å². The molecule has 0 spiro atoms. The zero-order chi connectivity index (χ0) is 34.7. The van der Waals surface area contributed by atoms with Gasteiger partial charge in [0, 0.05) is 6.42 Å². The van der Waals surface area contributed by atoms with Crippen LogP contribution in [-0.4, -0.2) is 121 Å². The highest BCUT2D eigenvalue weighted by atomic mass is 16.9. The Morgan fingerprint density at radius 1 is 0.574 bits per heavy atom. The Kier molecular flexibility index (Phi) is 20.4. The van der Waals surface area contributed by atoms with E-state index in [1.165, 1.54) is 89.9 Å². The normalized spacial score (nSPS) is 32.6. The quantitative estimate of drug-likeness (QED) is 0.0374. The van der Waals surface area contributed by atoms with Crippen LogP contribution in [0.5, 0.6) is 0 Å². The number of hydrogen-bond donors (Lipinski definition) is 8. The Hall–Kier alpha value is -0.970. The van der Waals surface area contributed by atoms with Gasteiger partial charge in [0.1, 0.15) is 43.2 Å². The third kappa shape index (κ3) is 13.0. The summed E-state index contributed by atoms with van der Waals surface area (Å²) >= 11 is 0. The minimum atomic E-state index is -2.95. The molecule has 2 aliphatic rings. The molecule has 2 fully saturated rings. The maximum Gasteiger partial charge on any atom is 0.362 e. The van der Waals surface area contributed by atoms with Gasteiger partial charge >= 0.3 is 11.9 Å². The van der Waals surface area contributed by atoms with Gasteiger partial charge in [-0.1, -0.05) is 122 Å². The van der Waals surface area contributed by atoms with E-state index in [1.54, 1.807) is 0 Å². The van der Waals surface area contributed by atoms with Crippen LogP contribution in [0.2, 0.25) is 0 Å². The third-order valence-electron chi connectivity index (χ3n) is 9.37. The van der Waals surface area contributed by atoms with Crippen LogP contribution in [0, 0.1) is 0 Å². The van der Waals surface area contributed by atoms with Gasteiger partial charge in [-0.05, 0) is 6.42 Å². The van der Waals surface area contributed by atoms with E-state index in [1.807, 2.05) is 0 Å². The molecule has 0 bridgehead atoms. The van der Waals surface area contributed by atoms with Gasteiger partial charge in [0.25, 0.3) is 0 Å². The van der Waals surface area contributed by atoms with Gasteiger partial charge < -0.3 is 55.1 Å². The molecule has 278 valence electrons. The van der Waals surface area contributed by atoms with Crippen molar-refractivity contribution < 1.29 is 64.6 Å². The molecule has 0 aromatic carbocycles. The van der Waals surface area contributed by atoms with E-state index >= 15 is 0 Å². The number of carbonyl (C=O) groups is 1. The molecule has 0 radical (unpaired) electrons. The molecular formula is C34H64O13. The number of carbonyl (C=O) groups excluding carboxylic acids is 1. The molecule has 2 saturated heterocycles. The van der Waals surface area contributed by atoms with Crippen molar-refractivity contribution in [3.8, 4) is 0 Å². The lowest BCUT2D eigenvalue weighted by Crippen LogP contribution is -2.70. The fraction of sp³-hybridized carbons (Fsp3) is 0.971. The fourth-order valence-corrected chi connectivity index (χ4v) is 6.35. The van der Waals surface area contributed by atoms with Crippen LogP contribution in [-0.2, 0) is 23.7 Å². The Balaban J connectivity index is 1.71. The molecule has 1 unspecified atom stereocenters. The summed E-state index contributed by atoms with van der Waals surface area (Å²) in [6, 6.07) is 0. The number of hydrogen-bond acceptors (Lipinski definition) is 13. The van der Waals surface area contributed by atoms with E-state index in [0.29, 0.717) is 6.42 Å². The van der Waals surface area contributed by atoms with Gasteiger partial charge in [0.2, 0.25) is 5.79 Å². The second-order valence-corrected chi connectivity index (χ2v) is 13.3. The molecule has 0 saturated carbocycles. The van der Waals surface area contributed by atoms with Gasteiger partial charge in [-0.3, -0.25) is 9.53 Å². The highest BCUT2D eigenvalue weighted by Crippen LogP contribution is 2.41. The van der Waals surface area contributed by atoms with E-state index in [2.05, 4.69) is 6.92 Å². The lowest BCUT2D eigenvalue weighted by atomic mass is 9.97. The van der Waals surface area contributed by atoms with Crippen LogP contribution >= 0.6 is 0 Å². The van der Waals surface area contributed by atoms with Gasteiger partial charge in [-0.25, -0.2) is 0 Å². The van der Waals surface area contributed by atoms with Crippen molar-refractivity contribution in [2.75, 3.05) is 19.8 Å². The monoisotopic (exact) mass is 680 g/mol. The molecule has 0 aromatic rings. The van der Waals surface area contributed by atoms with E-state index in [0.717, 1.165) is 25.7 Å². The first-order valence-corrected chi connectivity index (χ1v) is 18.1. The Morgan fingerprint density at radius 3 is 1.40 bits per heavy atom. The van der Waals surface area contributed by atoms with Crippen LogP contribution in [0.25, 0.3) is 0 Å². The zero-order valence-corrected chi connectivity index (χ0v) is 28.4. The molecule has 47 heavy (non-hydrogen) atoms. The molecule has 2 aliphatic heterocycles. The summed E-state index contributed by atoms with van der Waals surface area (Å²) in [5.41, 5.74) is 0. The first-order valence-electron chi connectivity index (χ1n) is 18.1. The summed E-state index contributed by atoms with van der Waals surface area (Å²) < 4.78 is 21.7. The van der Waals surface area contributed by atoms with Crippen LogP contribution in [0.1, 0.15) is 135 Å². The molecule has 0 aromatic heterocycles. The average Bonchev–Trinajstić information content (AvgIpc) is 3.31. The van der Waals surface area contributed by atoms with E-state index in [9.17, 15) is 45.6 Å². The Morgan fingerprint density at radius 2 is 1.00 bits per heavy atom. The molecule has 13 nitrogen and oxygen atoms in total. The van der Waals surface area contributed by atoms with Crippen molar-refractivity contribution in [3.05, 3.63) is 0 Å². The molecule has 9 atom stereocenters. The van der Waals surface area contributed by atoms with Crippen molar-refractivity contribution in [3.63, 3.8) is 0 Å². The summed E-state index contributed by atoms with van der Waals surface area (Å²) in [6.45, 7) is -0.566. The topological polar surface area (TPSA) is 216 Å². The number of esters is 1. The molecule has 2 heterocycles. The zero-order valence-electron chi connectivity index (χ0n) is 28.4. The first-order chi connectivity index (χ1) is 22.6. The lowest BCUT2D eigenvalue weighted by Gasteiger charge is -2.49. The van der Waals surface area contributed by atoms with Crippen LogP contribution in [0.4, 0.5) is 0 Å². The summed E-state index contributed by atoms with van der Waals surface area (Å²) in [4.78, 5) is 12.9. The molecule has 8 N–H and O–H groups in total. The van der Waals surface area contributed by atoms with E-state index in [4.69, 9.17) is 18.9 Å². The van der Waals surface area contributed by atoms with Crippen LogP contribution < -0.4 is 0 Å². The van der Waals surface area contributed by atoms with Gasteiger partial charge in [0.15, 0.2) is 6.10 Å². The summed E-state index contributed by atoms with van der Waals surface area (Å²) in [6.07, 6.45) is 9.77. The highest BCUT2D eigenvalue weighted by Gasteiger charge is 2.65. The lowest BCUT2D eigenvalue weighted by molar-refractivity contribution is -0.498. The van der Waals surface area contributed by atoms with Crippen molar-refractivity contribution in [2.24, 2.45) is 0 Å². The number of aliphatic hydroxyl groups excluding tert-OH is 8. The second kappa shape index (κ2) is 22.7. The molecule has 0 aliphatic carbocycles. The minimum absolute atomic E-state index is 0.125. The third-order valence-corrected chi connectivity index (χ3v) is 9.37. The van der Waals surface area contributed by atoms with Crippen LogP contribution in [0.3, 0.4) is 0 Å². The predicted molar refractivity (Wildman–Crippen MR) is 172 cm³/mol. The number of aliphatic hydroxyl groups is 8. The molecule has 13 heteroatoms.